The molecule has 0 radical (unpaired) electrons. The normalized spacial score (nSPS) is 12.8. The van der Waals surface area contributed by atoms with Crippen molar-refractivity contribution < 1.29 is 23.0 Å². The van der Waals surface area contributed by atoms with Crippen molar-refractivity contribution in [1.82, 2.24) is 0 Å². The van der Waals surface area contributed by atoms with Gasteiger partial charge in [-0.25, -0.2) is 0 Å². The molecule has 0 aromatic heterocycles. The molecule has 0 spiro atoms. The lowest BCUT2D eigenvalue weighted by atomic mass is 10.1. The predicted octanol–water partition coefficient (Wildman–Crippen LogP) is 2.00. The number of halogens is 3. The maximum Gasteiger partial charge on any atom is 0.418 e. The second-order valence-electron chi connectivity index (χ2n) is 3.86. The number of hydrogen-bond acceptors (Lipinski definition) is 4. The van der Waals surface area contributed by atoms with Crippen LogP contribution in [-0.4, -0.2) is 31.5 Å². The summed E-state index contributed by atoms with van der Waals surface area (Å²) in [7, 11) is 1.38. The van der Waals surface area contributed by atoms with Gasteiger partial charge in [-0.2, -0.15) is 18.4 Å². The topological polar surface area (TPSA) is 65.3 Å². The number of aliphatic hydroxyl groups excluding tert-OH is 1. The van der Waals surface area contributed by atoms with E-state index in [2.05, 4.69) is 10.1 Å². The van der Waals surface area contributed by atoms with Crippen LogP contribution in [-0.2, 0) is 10.9 Å². The lowest BCUT2D eigenvalue weighted by Crippen LogP contribution is -2.25. The van der Waals surface area contributed by atoms with E-state index < -0.39 is 17.8 Å². The molecule has 104 valence electrons. The number of hydrogen-bond donors (Lipinski definition) is 2. The molecule has 0 bridgehead atoms. The van der Waals surface area contributed by atoms with Crippen molar-refractivity contribution in [3.8, 4) is 6.07 Å². The zero-order valence-electron chi connectivity index (χ0n) is 10.2. The SMILES string of the molecule is COC[C@@H](O)CNc1ccc(C#N)cc1C(F)(F)F. The number of nitrogens with zero attached hydrogens (tertiary/aromatic N) is 1. The lowest BCUT2D eigenvalue weighted by molar-refractivity contribution is -0.137. The van der Waals surface area contributed by atoms with Crippen LogP contribution in [0.5, 0.6) is 0 Å². The molecule has 19 heavy (non-hydrogen) atoms. The Morgan fingerprint density at radius 2 is 2.16 bits per heavy atom. The summed E-state index contributed by atoms with van der Waals surface area (Å²) in [4.78, 5) is 0. The molecule has 0 fully saturated rings. The van der Waals surface area contributed by atoms with Gasteiger partial charge in [0.2, 0.25) is 0 Å². The highest BCUT2D eigenvalue weighted by Crippen LogP contribution is 2.35. The number of nitrogens with one attached hydrogen (secondary N) is 1. The Bertz CT molecular complexity index is 469. The van der Waals surface area contributed by atoms with E-state index >= 15 is 0 Å². The molecule has 1 aromatic rings. The molecule has 1 rings (SSSR count). The number of ether oxygens (including phenoxy) is 1. The fourth-order valence-corrected chi connectivity index (χ4v) is 1.48. The summed E-state index contributed by atoms with van der Waals surface area (Å²) in [6.45, 7) is -0.0621. The zero-order chi connectivity index (χ0) is 14.5. The monoisotopic (exact) mass is 274 g/mol. The van der Waals surface area contributed by atoms with Crippen LogP contribution in [0.1, 0.15) is 11.1 Å². The van der Waals surface area contributed by atoms with E-state index in [1.54, 1.807) is 6.07 Å². The first-order valence-electron chi connectivity index (χ1n) is 5.40. The molecule has 0 unspecified atom stereocenters. The van der Waals surface area contributed by atoms with Crippen LogP contribution in [0.15, 0.2) is 18.2 Å². The number of alkyl halides is 3. The molecule has 1 atom stereocenters. The number of anilines is 1. The van der Waals surface area contributed by atoms with E-state index in [1.807, 2.05) is 0 Å². The van der Waals surface area contributed by atoms with Crippen LogP contribution in [0.3, 0.4) is 0 Å². The van der Waals surface area contributed by atoms with Gasteiger partial charge in [0.25, 0.3) is 0 Å². The summed E-state index contributed by atoms with van der Waals surface area (Å²) in [5.74, 6) is 0. The van der Waals surface area contributed by atoms with Crippen LogP contribution >= 0.6 is 0 Å². The average Bonchev–Trinajstić information content (AvgIpc) is 2.35. The minimum Gasteiger partial charge on any atom is -0.389 e. The van der Waals surface area contributed by atoms with Gasteiger partial charge >= 0.3 is 6.18 Å². The van der Waals surface area contributed by atoms with Crippen molar-refractivity contribution >= 4 is 5.69 Å². The molecule has 0 saturated carbocycles. The first-order valence-corrected chi connectivity index (χ1v) is 5.40. The second-order valence-corrected chi connectivity index (χ2v) is 3.86. The van der Waals surface area contributed by atoms with Crippen LogP contribution in [0, 0.1) is 11.3 Å². The Kier molecular flexibility index (Phi) is 5.15. The Labute approximate surface area is 108 Å². The van der Waals surface area contributed by atoms with Gasteiger partial charge in [0, 0.05) is 19.3 Å². The number of benzene rings is 1. The summed E-state index contributed by atoms with van der Waals surface area (Å²) < 4.78 is 43.1. The quantitative estimate of drug-likeness (QED) is 0.862. The molecular formula is C12H13F3N2O2. The number of nitriles is 1. The van der Waals surface area contributed by atoms with Gasteiger partial charge in [-0.3, -0.25) is 0 Å². The largest absolute Gasteiger partial charge is 0.418 e. The van der Waals surface area contributed by atoms with Crippen molar-refractivity contribution in [2.45, 2.75) is 12.3 Å². The van der Waals surface area contributed by atoms with Gasteiger partial charge in [-0.05, 0) is 18.2 Å². The van der Waals surface area contributed by atoms with Crippen molar-refractivity contribution in [3.05, 3.63) is 29.3 Å². The summed E-state index contributed by atoms with van der Waals surface area (Å²) in [6, 6.07) is 4.87. The van der Waals surface area contributed by atoms with Gasteiger partial charge in [-0.15, -0.1) is 0 Å². The standard InChI is InChI=1S/C12H13F3N2O2/c1-19-7-9(18)6-17-11-3-2-8(5-16)4-10(11)12(13,14)15/h2-4,9,17-18H,6-7H2,1H3/t9-/m0/s1. The molecular weight excluding hydrogens is 261 g/mol. The maximum absolute atomic E-state index is 12.8. The molecule has 0 amide bonds. The lowest BCUT2D eigenvalue weighted by Gasteiger charge is -2.16. The summed E-state index contributed by atoms with van der Waals surface area (Å²) in [5, 5.41) is 20.5. The average molecular weight is 274 g/mol. The molecule has 0 aliphatic heterocycles. The van der Waals surface area contributed by atoms with Gasteiger partial charge in [0.05, 0.1) is 29.9 Å². The molecule has 0 aliphatic rings. The van der Waals surface area contributed by atoms with Crippen molar-refractivity contribution in [2.24, 2.45) is 0 Å². The van der Waals surface area contributed by atoms with Gasteiger partial charge in [-0.1, -0.05) is 0 Å². The number of methoxy groups -OCH3 is 1. The fourth-order valence-electron chi connectivity index (χ4n) is 1.48. The van der Waals surface area contributed by atoms with Gasteiger partial charge in [0.15, 0.2) is 0 Å². The van der Waals surface area contributed by atoms with Gasteiger partial charge in [0.1, 0.15) is 0 Å². The Hall–Kier alpha value is -1.78. The molecule has 7 heteroatoms. The van der Waals surface area contributed by atoms with E-state index in [4.69, 9.17) is 5.26 Å². The van der Waals surface area contributed by atoms with E-state index in [9.17, 15) is 18.3 Å². The third-order valence-corrected chi connectivity index (χ3v) is 2.34. The third kappa shape index (κ3) is 4.43. The molecule has 0 heterocycles. The van der Waals surface area contributed by atoms with Crippen molar-refractivity contribution in [1.29, 1.82) is 5.26 Å². The summed E-state index contributed by atoms with van der Waals surface area (Å²) in [6.07, 6.45) is -5.48. The molecule has 0 saturated heterocycles. The Balaban J connectivity index is 2.91. The minimum atomic E-state index is -4.57. The smallest absolute Gasteiger partial charge is 0.389 e. The Morgan fingerprint density at radius 1 is 1.47 bits per heavy atom. The molecule has 1 aromatic carbocycles. The molecule has 2 N–H and O–H groups in total. The van der Waals surface area contributed by atoms with Gasteiger partial charge < -0.3 is 15.2 Å². The molecule has 4 nitrogen and oxygen atoms in total. The van der Waals surface area contributed by atoms with Crippen LogP contribution < -0.4 is 5.32 Å². The minimum absolute atomic E-state index is 0.0185. The third-order valence-electron chi connectivity index (χ3n) is 2.34. The van der Waals surface area contributed by atoms with Crippen LogP contribution in [0.25, 0.3) is 0 Å². The zero-order valence-corrected chi connectivity index (χ0v) is 10.2. The van der Waals surface area contributed by atoms with E-state index in [1.165, 1.54) is 19.2 Å². The number of rotatable bonds is 5. The second kappa shape index (κ2) is 6.41. The maximum atomic E-state index is 12.8. The van der Waals surface area contributed by atoms with Crippen molar-refractivity contribution in [2.75, 3.05) is 25.6 Å². The van der Waals surface area contributed by atoms with E-state index in [-0.39, 0.29) is 24.4 Å². The van der Waals surface area contributed by atoms with E-state index in [0.29, 0.717) is 0 Å². The summed E-state index contributed by atoms with van der Waals surface area (Å²) >= 11 is 0. The number of aliphatic hydroxyl groups is 1. The highest BCUT2D eigenvalue weighted by molar-refractivity contribution is 5.56. The first-order chi connectivity index (χ1) is 8.88. The molecule has 0 aliphatic carbocycles. The summed E-state index contributed by atoms with van der Waals surface area (Å²) in [5.41, 5.74) is -1.19. The van der Waals surface area contributed by atoms with Crippen LogP contribution in [0.2, 0.25) is 0 Å². The highest BCUT2D eigenvalue weighted by atomic mass is 19.4. The first kappa shape index (κ1) is 15.3. The van der Waals surface area contributed by atoms with Crippen molar-refractivity contribution in [3.63, 3.8) is 0 Å². The van der Waals surface area contributed by atoms with E-state index in [0.717, 1.165) is 6.07 Å². The fraction of sp³-hybridized carbons (Fsp3) is 0.417. The Morgan fingerprint density at radius 3 is 2.68 bits per heavy atom. The predicted molar refractivity (Wildman–Crippen MR) is 62.5 cm³/mol. The highest BCUT2D eigenvalue weighted by Gasteiger charge is 2.33. The van der Waals surface area contributed by atoms with Crippen LogP contribution in [0.4, 0.5) is 18.9 Å².